The van der Waals surface area contributed by atoms with Crippen molar-refractivity contribution in [1.82, 2.24) is 4.90 Å². The molecule has 1 aliphatic heterocycles. The van der Waals surface area contributed by atoms with Crippen molar-refractivity contribution in [2.75, 3.05) is 20.3 Å². The molecule has 0 saturated carbocycles. The third-order valence-corrected chi connectivity index (χ3v) is 4.72. The van der Waals surface area contributed by atoms with E-state index in [0.717, 1.165) is 17.7 Å². The predicted molar refractivity (Wildman–Crippen MR) is 111 cm³/mol. The van der Waals surface area contributed by atoms with Crippen molar-refractivity contribution in [1.29, 1.82) is 0 Å². The SMILES string of the molecule is CCCCOc1ccc(/C=C2\C(=O)N(CC(=O)O)C(=O)c3ccccc32)cc1OC. The highest BCUT2D eigenvalue weighted by Gasteiger charge is 2.35. The van der Waals surface area contributed by atoms with Gasteiger partial charge in [0.25, 0.3) is 11.8 Å². The molecule has 0 aliphatic carbocycles. The molecular formula is C23H23NO6. The lowest BCUT2D eigenvalue weighted by Crippen LogP contribution is -2.44. The quantitative estimate of drug-likeness (QED) is 0.408. The molecule has 0 fully saturated rings. The number of unbranched alkanes of at least 4 members (excludes halogenated alkanes) is 1. The molecule has 0 radical (unpaired) electrons. The monoisotopic (exact) mass is 409 g/mol. The van der Waals surface area contributed by atoms with E-state index in [1.54, 1.807) is 48.5 Å². The summed E-state index contributed by atoms with van der Waals surface area (Å²) in [6, 6.07) is 11.9. The van der Waals surface area contributed by atoms with Gasteiger partial charge in [0.05, 0.1) is 13.7 Å². The van der Waals surface area contributed by atoms with Gasteiger partial charge in [0.1, 0.15) is 6.54 Å². The molecule has 1 heterocycles. The van der Waals surface area contributed by atoms with Gasteiger partial charge >= 0.3 is 5.97 Å². The number of carboxylic acids is 1. The molecule has 2 amide bonds. The smallest absolute Gasteiger partial charge is 0.323 e. The fourth-order valence-electron chi connectivity index (χ4n) is 3.21. The van der Waals surface area contributed by atoms with Crippen molar-refractivity contribution in [2.24, 2.45) is 0 Å². The van der Waals surface area contributed by atoms with Gasteiger partial charge in [-0.25, -0.2) is 0 Å². The zero-order valence-corrected chi connectivity index (χ0v) is 16.9. The number of rotatable bonds is 8. The van der Waals surface area contributed by atoms with Crippen LogP contribution in [-0.4, -0.2) is 48.1 Å². The summed E-state index contributed by atoms with van der Waals surface area (Å²) in [5, 5.41) is 9.12. The van der Waals surface area contributed by atoms with Crippen LogP contribution in [0.1, 0.15) is 41.3 Å². The Bertz CT molecular complexity index is 1010. The molecule has 156 valence electrons. The van der Waals surface area contributed by atoms with Crippen LogP contribution in [0, 0.1) is 0 Å². The third-order valence-electron chi connectivity index (χ3n) is 4.72. The van der Waals surface area contributed by atoms with E-state index < -0.39 is 24.3 Å². The zero-order chi connectivity index (χ0) is 21.7. The standard InChI is InChI=1S/C23H23NO6/c1-3-4-11-30-19-10-9-15(13-20(19)29-2)12-18-16-7-5-6-8-17(16)22(27)24(23(18)28)14-21(25)26/h5-10,12-13H,3-4,11,14H2,1-2H3,(H,25,26)/b18-12-. The fourth-order valence-corrected chi connectivity index (χ4v) is 3.21. The number of methoxy groups -OCH3 is 1. The van der Waals surface area contributed by atoms with Crippen LogP contribution in [0.2, 0.25) is 0 Å². The summed E-state index contributed by atoms with van der Waals surface area (Å²) in [7, 11) is 1.53. The maximum Gasteiger partial charge on any atom is 0.323 e. The molecular weight excluding hydrogens is 386 g/mol. The highest BCUT2D eigenvalue weighted by Crippen LogP contribution is 2.33. The van der Waals surface area contributed by atoms with Crippen LogP contribution in [0.3, 0.4) is 0 Å². The Morgan fingerprint density at radius 3 is 2.47 bits per heavy atom. The number of hydrogen-bond donors (Lipinski definition) is 1. The number of fused-ring (bicyclic) bond motifs is 1. The topological polar surface area (TPSA) is 93.1 Å². The Kier molecular flexibility index (Phi) is 6.51. The first-order valence-corrected chi connectivity index (χ1v) is 9.66. The van der Waals surface area contributed by atoms with Crippen molar-refractivity contribution in [2.45, 2.75) is 19.8 Å². The number of carbonyl (C=O) groups excluding carboxylic acids is 2. The second kappa shape index (κ2) is 9.26. The summed E-state index contributed by atoms with van der Waals surface area (Å²) in [6.07, 6.45) is 3.56. The minimum Gasteiger partial charge on any atom is -0.493 e. The largest absolute Gasteiger partial charge is 0.493 e. The number of imide groups is 1. The number of benzene rings is 2. The van der Waals surface area contributed by atoms with Crippen molar-refractivity contribution in [3.8, 4) is 11.5 Å². The number of amides is 2. The maximum atomic E-state index is 13.0. The van der Waals surface area contributed by atoms with Gasteiger partial charge in [0.2, 0.25) is 0 Å². The van der Waals surface area contributed by atoms with Gasteiger partial charge in [0, 0.05) is 11.1 Å². The van der Waals surface area contributed by atoms with E-state index in [1.807, 2.05) is 0 Å². The predicted octanol–water partition coefficient (Wildman–Crippen LogP) is 3.48. The van der Waals surface area contributed by atoms with Crippen LogP contribution < -0.4 is 9.47 Å². The minimum absolute atomic E-state index is 0.244. The molecule has 2 aromatic rings. The van der Waals surface area contributed by atoms with Crippen LogP contribution in [-0.2, 0) is 9.59 Å². The van der Waals surface area contributed by atoms with Gasteiger partial charge in [-0.2, -0.15) is 0 Å². The normalized spacial score (nSPS) is 14.6. The van der Waals surface area contributed by atoms with Crippen molar-refractivity contribution >= 4 is 29.4 Å². The van der Waals surface area contributed by atoms with E-state index >= 15 is 0 Å². The number of ether oxygens (including phenoxy) is 2. The van der Waals surface area contributed by atoms with Crippen molar-refractivity contribution in [3.63, 3.8) is 0 Å². The second-order valence-corrected chi connectivity index (χ2v) is 6.81. The van der Waals surface area contributed by atoms with Gasteiger partial charge in [0.15, 0.2) is 11.5 Å². The molecule has 0 spiro atoms. The molecule has 0 aromatic heterocycles. The first kappa shape index (κ1) is 21.1. The summed E-state index contributed by atoms with van der Waals surface area (Å²) >= 11 is 0. The lowest BCUT2D eigenvalue weighted by atomic mass is 9.92. The lowest BCUT2D eigenvalue weighted by Gasteiger charge is -2.27. The average Bonchev–Trinajstić information content (AvgIpc) is 2.75. The van der Waals surface area contributed by atoms with E-state index in [0.29, 0.717) is 29.2 Å². The van der Waals surface area contributed by atoms with Crippen molar-refractivity contribution in [3.05, 3.63) is 59.2 Å². The van der Waals surface area contributed by atoms with Gasteiger partial charge in [-0.15, -0.1) is 0 Å². The molecule has 7 nitrogen and oxygen atoms in total. The summed E-state index contributed by atoms with van der Waals surface area (Å²) in [6.45, 7) is 1.95. The minimum atomic E-state index is -1.26. The lowest BCUT2D eigenvalue weighted by molar-refractivity contribution is -0.141. The molecule has 3 rings (SSSR count). The third kappa shape index (κ3) is 4.35. The summed E-state index contributed by atoms with van der Waals surface area (Å²) < 4.78 is 11.1. The molecule has 1 aliphatic rings. The Hall–Kier alpha value is -3.61. The molecule has 7 heteroatoms. The highest BCUT2D eigenvalue weighted by atomic mass is 16.5. The first-order chi connectivity index (χ1) is 14.5. The molecule has 30 heavy (non-hydrogen) atoms. The summed E-state index contributed by atoms with van der Waals surface area (Å²) in [4.78, 5) is 37.5. The van der Waals surface area contributed by atoms with Gasteiger partial charge < -0.3 is 14.6 Å². The Morgan fingerprint density at radius 2 is 1.80 bits per heavy atom. The zero-order valence-electron chi connectivity index (χ0n) is 16.9. The molecule has 1 N–H and O–H groups in total. The van der Waals surface area contributed by atoms with E-state index in [-0.39, 0.29) is 11.1 Å². The van der Waals surface area contributed by atoms with E-state index in [4.69, 9.17) is 14.6 Å². The molecule has 0 bridgehead atoms. The fraction of sp³-hybridized carbons (Fsp3) is 0.261. The Morgan fingerprint density at radius 1 is 1.07 bits per heavy atom. The Labute approximate surface area is 174 Å². The molecule has 2 aromatic carbocycles. The summed E-state index contributed by atoms with van der Waals surface area (Å²) in [5.41, 5.74) is 1.66. The van der Waals surface area contributed by atoms with E-state index in [9.17, 15) is 14.4 Å². The second-order valence-electron chi connectivity index (χ2n) is 6.81. The van der Waals surface area contributed by atoms with E-state index in [2.05, 4.69) is 6.92 Å². The van der Waals surface area contributed by atoms with Gasteiger partial charge in [-0.05, 0) is 41.8 Å². The van der Waals surface area contributed by atoms with Gasteiger partial charge in [-0.3, -0.25) is 19.3 Å². The molecule has 0 atom stereocenters. The average molecular weight is 409 g/mol. The number of carbonyl (C=O) groups is 3. The van der Waals surface area contributed by atoms with Crippen molar-refractivity contribution < 1.29 is 29.0 Å². The number of nitrogens with zero attached hydrogens (tertiary/aromatic N) is 1. The number of carboxylic acid groups (broad SMARTS) is 1. The van der Waals surface area contributed by atoms with Crippen LogP contribution in [0.5, 0.6) is 11.5 Å². The molecule has 0 saturated heterocycles. The maximum absolute atomic E-state index is 13.0. The van der Waals surface area contributed by atoms with Crippen LogP contribution in [0.15, 0.2) is 42.5 Å². The molecule has 0 unspecified atom stereocenters. The number of hydrogen-bond acceptors (Lipinski definition) is 5. The van der Waals surface area contributed by atoms with Crippen LogP contribution in [0.25, 0.3) is 11.6 Å². The van der Waals surface area contributed by atoms with Crippen LogP contribution >= 0.6 is 0 Å². The number of aliphatic carboxylic acids is 1. The highest BCUT2D eigenvalue weighted by molar-refractivity contribution is 6.34. The van der Waals surface area contributed by atoms with Gasteiger partial charge in [-0.1, -0.05) is 37.6 Å². The first-order valence-electron chi connectivity index (χ1n) is 9.66. The van der Waals surface area contributed by atoms with Crippen LogP contribution in [0.4, 0.5) is 0 Å². The van der Waals surface area contributed by atoms with E-state index in [1.165, 1.54) is 7.11 Å². The Balaban J connectivity index is 2.02. The summed E-state index contributed by atoms with van der Waals surface area (Å²) in [5.74, 6) is -1.40.